The predicted octanol–water partition coefficient (Wildman–Crippen LogP) is 5.84. The van der Waals surface area contributed by atoms with Crippen molar-refractivity contribution in [2.45, 2.75) is 59.0 Å². The number of methoxy groups -OCH3 is 1. The summed E-state index contributed by atoms with van der Waals surface area (Å²) in [4.78, 5) is 32.4. The average molecular weight is 596 g/mol. The molecule has 0 fully saturated rings. The highest BCUT2D eigenvalue weighted by molar-refractivity contribution is 5.77. The van der Waals surface area contributed by atoms with Gasteiger partial charge in [-0.1, -0.05) is 36.4 Å². The Morgan fingerprint density at radius 1 is 0.886 bits per heavy atom. The van der Waals surface area contributed by atoms with Gasteiger partial charge < -0.3 is 19.2 Å². The fraction of sp³-hybridized carbons (Fsp3) is 0.324. The molecule has 10 heteroatoms. The highest BCUT2D eigenvalue weighted by Crippen LogP contribution is 2.34. The van der Waals surface area contributed by atoms with Crippen LogP contribution in [0.1, 0.15) is 50.8 Å². The first-order valence-electron chi connectivity index (χ1n) is 14.7. The Hall–Kier alpha value is -4.99. The van der Waals surface area contributed by atoms with Gasteiger partial charge in [-0.05, 0) is 99.0 Å². The number of hydrogen-bond acceptors (Lipinski definition) is 8. The van der Waals surface area contributed by atoms with Gasteiger partial charge in [-0.25, -0.2) is 4.98 Å². The lowest BCUT2D eigenvalue weighted by Crippen LogP contribution is -2.24. The summed E-state index contributed by atoms with van der Waals surface area (Å²) in [7, 11) is 1.66. The molecule has 0 atom stereocenters. The van der Waals surface area contributed by atoms with Crippen LogP contribution >= 0.6 is 0 Å². The molecule has 0 aliphatic rings. The maximum Gasteiger partial charge on any atom is 0.306 e. The Bertz CT molecular complexity index is 1820. The highest BCUT2D eigenvalue weighted by Gasteiger charge is 2.18. The van der Waals surface area contributed by atoms with Gasteiger partial charge in [0.1, 0.15) is 22.9 Å². The van der Waals surface area contributed by atoms with Crippen LogP contribution < -0.4 is 15.0 Å². The molecule has 10 nitrogen and oxygen atoms in total. The fourth-order valence-corrected chi connectivity index (χ4v) is 5.04. The van der Waals surface area contributed by atoms with Crippen LogP contribution in [0.25, 0.3) is 33.7 Å². The lowest BCUT2D eigenvalue weighted by molar-refractivity contribution is -0.154. The van der Waals surface area contributed by atoms with E-state index in [1.54, 1.807) is 7.11 Å². The van der Waals surface area contributed by atoms with Crippen molar-refractivity contribution in [2.24, 2.45) is 0 Å². The Morgan fingerprint density at radius 3 is 2.36 bits per heavy atom. The van der Waals surface area contributed by atoms with E-state index in [2.05, 4.69) is 55.7 Å². The van der Waals surface area contributed by atoms with Gasteiger partial charge >= 0.3 is 5.97 Å². The Balaban J connectivity index is 1.46. The molecule has 0 aliphatic heterocycles. The molecule has 3 aromatic carbocycles. The largest absolute Gasteiger partial charge is 0.497 e. The van der Waals surface area contributed by atoms with Gasteiger partial charge in [-0.3, -0.25) is 9.59 Å². The summed E-state index contributed by atoms with van der Waals surface area (Å²) in [6.07, 6.45) is 2.51. The summed E-state index contributed by atoms with van der Waals surface area (Å²) in [5.74, 6) is 1.53. The topological polar surface area (TPSA) is 132 Å². The number of rotatable bonds is 11. The lowest BCUT2D eigenvalue weighted by Gasteiger charge is -2.20. The summed E-state index contributed by atoms with van der Waals surface area (Å²) in [5, 5.41) is 10.3. The van der Waals surface area contributed by atoms with Crippen LogP contribution in [0.15, 0.2) is 65.5 Å². The van der Waals surface area contributed by atoms with Gasteiger partial charge in [0, 0.05) is 6.42 Å². The van der Waals surface area contributed by atoms with E-state index >= 15 is 0 Å². The quantitative estimate of drug-likeness (QED) is 0.182. The summed E-state index contributed by atoms with van der Waals surface area (Å²) in [5.41, 5.74) is 5.49. The molecule has 0 saturated carbocycles. The number of nitrogens with one attached hydrogen (secondary N) is 2. The minimum atomic E-state index is -0.537. The minimum Gasteiger partial charge on any atom is -0.497 e. The molecule has 0 aliphatic carbocycles. The van der Waals surface area contributed by atoms with Crippen LogP contribution in [0.2, 0.25) is 0 Å². The molecule has 0 amide bonds. The number of aryl methyl sites for hydroxylation is 3. The second-order valence-electron chi connectivity index (χ2n) is 11.5. The van der Waals surface area contributed by atoms with Crippen LogP contribution in [0.4, 0.5) is 0 Å². The number of hydrogen-bond donors (Lipinski definition) is 2. The monoisotopic (exact) mass is 595 g/mol. The van der Waals surface area contributed by atoms with Crippen LogP contribution in [0, 0.1) is 0 Å². The van der Waals surface area contributed by atoms with E-state index < -0.39 is 5.60 Å². The number of fused-ring (bicyclic) bond motifs is 1. The Morgan fingerprint density at radius 2 is 1.64 bits per heavy atom. The Kier molecular flexibility index (Phi) is 9.08. The maximum atomic E-state index is 12.6. The van der Waals surface area contributed by atoms with Crippen molar-refractivity contribution in [3.8, 4) is 34.0 Å². The first kappa shape index (κ1) is 30.5. The first-order valence-corrected chi connectivity index (χ1v) is 14.7. The molecule has 2 heterocycles. The molecule has 0 radical (unpaired) electrons. The van der Waals surface area contributed by atoms with E-state index in [4.69, 9.17) is 14.2 Å². The number of carbonyl (C=O) groups excluding carboxylic acids is 1. The zero-order valence-electron chi connectivity index (χ0n) is 25.7. The summed E-state index contributed by atoms with van der Waals surface area (Å²) in [6.45, 7) is 7.96. The molecule has 0 saturated heterocycles. The fourth-order valence-electron chi connectivity index (χ4n) is 5.04. The minimum absolute atomic E-state index is 0.148. The molecule has 0 unspecified atom stereocenters. The van der Waals surface area contributed by atoms with Crippen molar-refractivity contribution in [3.05, 3.63) is 87.7 Å². The maximum absolute atomic E-state index is 12.6. The number of carbonyl (C=O) groups is 1. The van der Waals surface area contributed by atoms with Crippen molar-refractivity contribution in [1.82, 2.24) is 25.4 Å². The van der Waals surface area contributed by atoms with Crippen LogP contribution in [0.5, 0.6) is 11.5 Å². The summed E-state index contributed by atoms with van der Waals surface area (Å²) in [6, 6.07) is 20.2. The van der Waals surface area contributed by atoms with Gasteiger partial charge in [0.15, 0.2) is 5.52 Å². The van der Waals surface area contributed by atoms with Gasteiger partial charge in [0.05, 0.1) is 19.3 Å². The van der Waals surface area contributed by atoms with E-state index in [9.17, 15) is 9.59 Å². The second kappa shape index (κ2) is 13.1. The normalized spacial score (nSPS) is 11.5. The van der Waals surface area contributed by atoms with Crippen molar-refractivity contribution in [3.63, 3.8) is 0 Å². The average Bonchev–Trinajstić information content (AvgIpc) is 3.48. The van der Waals surface area contributed by atoms with Crippen molar-refractivity contribution >= 4 is 17.1 Å². The third-order valence-electron chi connectivity index (χ3n) is 7.13. The number of aromatic nitrogens is 5. The van der Waals surface area contributed by atoms with E-state index in [-0.39, 0.29) is 29.1 Å². The summed E-state index contributed by atoms with van der Waals surface area (Å²) < 4.78 is 16.9. The smallest absolute Gasteiger partial charge is 0.306 e. The van der Waals surface area contributed by atoms with E-state index in [1.807, 2.05) is 58.0 Å². The van der Waals surface area contributed by atoms with E-state index in [1.165, 1.54) is 11.1 Å². The third-order valence-corrected chi connectivity index (χ3v) is 7.13. The molecule has 0 spiro atoms. The third kappa shape index (κ3) is 7.31. The van der Waals surface area contributed by atoms with E-state index in [0.29, 0.717) is 30.2 Å². The van der Waals surface area contributed by atoms with Crippen molar-refractivity contribution in [2.75, 3.05) is 13.7 Å². The standard InChI is InChI=1S/C34H37N5O5/c1-6-43-28-20-25(13-17-27(28)31-35-32-30(33(41)36-31)37-39-38-32)24-12-11-22(10-7-21-8-15-26(42-5)16-9-21)23(19-24)14-18-29(40)44-34(2,3)4/h8-9,11-13,15-17,19-20H,6-7,10,14,18H2,1-5H3,(H2,35,36,37,38,39,41). The summed E-state index contributed by atoms with van der Waals surface area (Å²) >= 11 is 0. The lowest BCUT2D eigenvalue weighted by atomic mass is 9.92. The highest BCUT2D eigenvalue weighted by atomic mass is 16.6. The van der Waals surface area contributed by atoms with Gasteiger partial charge in [0.2, 0.25) is 5.65 Å². The van der Waals surface area contributed by atoms with Crippen molar-refractivity contribution < 1.29 is 19.0 Å². The van der Waals surface area contributed by atoms with E-state index in [0.717, 1.165) is 35.3 Å². The molecule has 2 aromatic heterocycles. The number of aromatic amines is 2. The number of H-pyrrole nitrogens is 2. The van der Waals surface area contributed by atoms with Gasteiger partial charge in [-0.15, -0.1) is 10.2 Å². The first-order chi connectivity index (χ1) is 21.1. The number of esters is 1. The zero-order chi connectivity index (χ0) is 31.3. The molecule has 44 heavy (non-hydrogen) atoms. The molecular weight excluding hydrogens is 558 g/mol. The molecule has 0 bridgehead atoms. The zero-order valence-corrected chi connectivity index (χ0v) is 25.7. The Labute approximate surface area is 255 Å². The van der Waals surface area contributed by atoms with Crippen LogP contribution in [0.3, 0.4) is 0 Å². The number of nitrogens with zero attached hydrogens (tertiary/aromatic N) is 3. The molecule has 2 N–H and O–H groups in total. The number of benzene rings is 3. The van der Waals surface area contributed by atoms with Gasteiger partial charge in [-0.2, -0.15) is 5.21 Å². The predicted molar refractivity (Wildman–Crippen MR) is 169 cm³/mol. The molecular formula is C34H37N5O5. The molecule has 228 valence electrons. The molecule has 5 rings (SSSR count). The SMILES string of the molecule is CCOc1cc(-c2ccc(CCc3ccc(OC)cc3)c(CCC(=O)OC(C)(C)C)c2)ccc1-c1nc2n[nH]nc2c(=O)[nH]1. The van der Waals surface area contributed by atoms with Crippen molar-refractivity contribution in [1.29, 1.82) is 0 Å². The van der Waals surface area contributed by atoms with Crippen LogP contribution in [-0.4, -0.2) is 50.7 Å². The molecule has 5 aromatic rings. The number of ether oxygens (including phenoxy) is 3. The van der Waals surface area contributed by atoms with Crippen LogP contribution in [-0.2, 0) is 28.8 Å². The second-order valence-corrected chi connectivity index (χ2v) is 11.5. The van der Waals surface area contributed by atoms with Gasteiger partial charge in [0.25, 0.3) is 5.56 Å².